The van der Waals surface area contributed by atoms with Crippen molar-refractivity contribution >= 4 is 5.91 Å². The van der Waals surface area contributed by atoms with E-state index >= 15 is 0 Å². The Labute approximate surface area is 117 Å². The zero-order chi connectivity index (χ0) is 13.8. The molecule has 1 atom stereocenters. The lowest BCUT2D eigenvalue weighted by molar-refractivity contribution is -0.134. The Hall–Kier alpha value is -0.610. The minimum atomic E-state index is 0.286. The first-order chi connectivity index (χ1) is 9.08. The molecule has 4 heteroatoms. The zero-order valence-corrected chi connectivity index (χ0v) is 12.7. The largest absolute Gasteiger partial charge is 0.342 e. The molecule has 1 heterocycles. The summed E-state index contributed by atoms with van der Waals surface area (Å²) in [6, 6.07) is 1.00. The van der Waals surface area contributed by atoms with Crippen molar-refractivity contribution in [2.75, 3.05) is 33.7 Å². The third-order valence-electron chi connectivity index (χ3n) is 4.97. The summed E-state index contributed by atoms with van der Waals surface area (Å²) in [6.45, 7) is 4.99. The highest BCUT2D eigenvalue weighted by atomic mass is 16.2. The summed E-state index contributed by atoms with van der Waals surface area (Å²) < 4.78 is 0. The van der Waals surface area contributed by atoms with E-state index in [2.05, 4.69) is 24.2 Å². The average Bonchev–Trinajstić information content (AvgIpc) is 2.92. The maximum atomic E-state index is 12.4. The fraction of sp³-hybridized carbons (Fsp3) is 0.933. The van der Waals surface area contributed by atoms with Gasteiger partial charge in [0, 0.05) is 25.7 Å². The van der Waals surface area contributed by atoms with Crippen LogP contribution in [-0.4, -0.2) is 61.5 Å². The highest BCUT2D eigenvalue weighted by Gasteiger charge is 2.27. The van der Waals surface area contributed by atoms with E-state index in [1.807, 2.05) is 11.9 Å². The van der Waals surface area contributed by atoms with E-state index in [0.29, 0.717) is 18.6 Å². The average molecular weight is 267 g/mol. The smallest absolute Gasteiger partial charge is 0.236 e. The second-order valence-electron chi connectivity index (χ2n) is 6.48. The zero-order valence-electron chi connectivity index (χ0n) is 12.7. The SMILES string of the molecule is CC1CCC(N(C)C(=O)CN(C)C2CCNC2)CC1. The molecule has 1 aliphatic carbocycles. The Morgan fingerprint density at radius 2 is 1.79 bits per heavy atom. The molecule has 1 N–H and O–H groups in total. The van der Waals surface area contributed by atoms with Gasteiger partial charge in [-0.15, -0.1) is 0 Å². The molecule has 110 valence electrons. The molecule has 0 aromatic carbocycles. The fourth-order valence-corrected chi connectivity index (χ4v) is 3.30. The van der Waals surface area contributed by atoms with Crippen molar-refractivity contribution in [1.82, 2.24) is 15.1 Å². The van der Waals surface area contributed by atoms with Crippen LogP contribution in [0.2, 0.25) is 0 Å². The summed E-state index contributed by atoms with van der Waals surface area (Å²) >= 11 is 0. The molecular formula is C15H29N3O. The normalized spacial score (nSPS) is 31.7. The quantitative estimate of drug-likeness (QED) is 0.834. The second kappa shape index (κ2) is 6.71. The second-order valence-corrected chi connectivity index (χ2v) is 6.48. The minimum absolute atomic E-state index is 0.286. The third-order valence-corrected chi connectivity index (χ3v) is 4.97. The monoisotopic (exact) mass is 267 g/mol. The van der Waals surface area contributed by atoms with Gasteiger partial charge in [0.15, 0.2) is 0 Å². The highest BCUT2D eigenvalue weighted by molar-refractivity contribution is 5.78. The summed E-state index contributed by atoms with van der Waals surface area (Å²) in [4.78, 5) is 16.6. The molecule has 1 saturated carbocycles. The lowest BCUT2D eigenvalue weighted by Crippen LogP contribution is -2.46. The summed E-state index contributed by atoms with van der Waals surface area (Å²) in [6.07, 6.45) is 6.06. The van der Waals surface area contributed by atoms with Crippen LogP contribution in [0.5, 0.6) is 0 Å². The van der Waals surface area contributed by atoms with Crippen molar-refractivity contribution in [3.05, 3.63) is 0 Å². The molecule has 0 spiro atoms. The van der Waals surface area contributed by atoms with Crippen molar-refractivity contribution in [2.24, 2.45) is 5.92 Å². The van der Waals surface area contributed by atoms with Crippen LogP contribution >= 0.6 is 0 Å². The molecule has 19 heavy (non-hydrogen) atoms. The lowest BCUT2D eigenvalue weighted by Gasteiger charge is -2.35. The van der Waals surface area contributed by atoms with E-state index in [-0.39, 0.29) is 5.91 Å². The Kier molecular flexibility index (Phi) is 5.22. The van der Waals surface area contributed by atoms with Crippen molar-refractivity contribution in [3.63, 3.8) is 0 Å². The van der Waals surface area contributed by atoms with Gasteiger partial charge in [-0.2, -0.15) is 0 Å². The Bertz CT molecular complexity index is 294. The Balaban J connectivity index is 1.78. The van der Waals surface area contributed by atoms with E-state index in [1.165, 1.54) is 25.7 Å². The van der Waals surface area contributed by atoms with E-state index in [4.69, 9.17) is 0 Å². The van der Waals surface area contributed by atoms with E-state index < -0.39 is 0 Å². The number of rotatable bonds is 4. The van der Waals surface area contributed by atoms with Crippen LogP contribution in [0.25, 0.3) is 0 Å². The van der Waals surface area contributed by atoms with Gasteiger partial charge in [0.05, 0.1) is 6.54 Å². The summed E-state index contributed by atoms with van der Waals surface area (Å²) in [5, 5.41) is 3.36. The summed E-state index contributed by atoms with van der Waals surface area (Å²) in [5.41, 5.74) is 0. The molecule has 0 aromatic heterocycles. The van der Waals surface area contributed by atoms with Gasteiger partial charge in [-0.1, -0.05) is 6.92 Å². The lowest BCUT2D eigenvalue weighted by atomic mass is 9.87. The predicted octanol–water partition coefficient (Wildman–Crippen LogP) is 1.32. The number of carbonyl (C=O) groups excluding carboxylic acids is 1. The number of carbonyl (C=O) groups is 1. The molecule has 2 aliphatic rings. The van der Waals surface area contributed by atoms with Crippen molar-refractivity contribution in [2.45, 2.75) is 51.1 Å². The molecule has 0 radical (unpaired) electrons. The van der Waals surface area contributed by atoms with Crippen LogP contribution in [0.1, 0.15) is 39.0 Å². The van der Waals surface area contributed by atoms with Crippen molar-refractivity contribution in [3.8, 4) is 0 Å². The van der Waals surface area contributed by atoms with E-state index in [0.717, 1.165) is 25.4 Å². The Morgan fingerprint density at radius 1 is 1.11 bits per heavy atom. The van der Waals surface area contributed by atoms with Crippen LogP contribution < -0.4 is 5.32 Å². The Morgan fingerprint density at radius 3 is 2.37 bits per heavy atom. The molecule has 1 saturated heterocycles. The van der Waals surface area contributed by atoms with Gasteiger partial charge in [-0.05, 0) is 51.6 Å². The van der Waals surface area contributed by atoms with Crippen LogP contribution in [-0.2, 0) is 4.79 Å². The van der Waals surface area contributed by atoms with Crippen molar-refractivity contribution in [1.29, 1.82) is 0 Å². The number of nitrogens with one attached hydrogen (secondary N) is 1. The maximum Gasteiger partial charge on any atom is 0.236 e. The molecule has 1 amide bonds. The van der Waals surface area contributed by atoms with Crippen LogP contribution in [0.15, 0.2) is 0 Å². The van der Waals surface area contributed by atoms with Gasteiger partial charge in [-0.3, -0.25) is 9.69 Å². The number of nitrogens with zero attached hydrogens (tertiary/aromatic N) is 2. The standard InChI is InChI=1S/C15H29N3O/c1-12-4-6-13(7-5-12)18(3)15(19)11-17(2)14-8-9-16-10-14/h12-14,16H,4-11H2,1-3H3. The van der Waals surface area contributed by atoms with Gasteiger partial charge < -0.3 is 10.2 Å². The summed E-state index contributed by atoms with van der Waals surface area (Å²) in [5.74, 6) is 1.13. The first-order valence-electron chi connectivity index (χ1n) is 7.74. The molecule has 1 aliphatic heterocycles. The minimum Gasteiger partial charge on any atom is -0.342 e. The molecule has 0 bridgehead atoms. The molecule has 2 fully saturated rings. The first-order valence-corrected chi connectivity index (χ1v) is 7.74. The number of likely N-dealkylation sites (N-methyl/N-ethyl adjacent to an activating group) is 2. The number of hydrogen-bond acceptors (Lipinski definition) is 3. The predicted molar refractivity (Wildman–Crippen MR) is 78.1 cm³/mol. The highest BCUT2D eigenvalue weighted by Crippen LogP contribution is 2.26. The van der Waals surface area contributed by atoms with Crippen LogP contribution in [0.3, 0.4) is 0 Å². The van der Waals surface area contributed by atoms with Gasteiger partial charge >= 0.3 is 0 Å². The van der Waals surface area contributed by atoms with E-state index in [1.54, 1.807) is 0 Å². The van der Waals surface area contributed by atoms with Crippen molar-refractivity contribution < 1.29 is 4.79 Å². The fourth-order valence-electron chi connectivity index (χ4n) is 3.30. The van der Waals surface area contributed by atoms with Crippen LogP contribution in [0.4, 0.5) is 0 Å². The van der Waals surface area contributed by atoms with E-state index in [9.17, 15) is 4.79 Å². The molecule has 0 aromatic rings. The first kappa shape index (κ1) is 14.8. The molecule has 1 unspecified atom stereocenters. The number of amides is 1. The molecule has 2 rings (SSSR count). The van der Waals surface area contributed by atoms with Gasteiger partial charge in [0.1, 0.15) is 0 Å². The van der Waals surface area contributed by atoms with Crippen LogP contribution in [0, 0.1) is 5.92 Å². The van der Waals surface area contributed by atoms with Gasteiger partial charge in [0.25, 0.3) is 0 Å². The molecular weight excluding hydrogens is 238 g/mol. The summed E-state index contributed by atoms with van der Waals surface area (Å²) in [7, 11) is 4.07. The third kappa shape index (κ3) is 3.93. The topological polar surface area (TPSA) is 35.6 Å². The molecule has 4 nitrogen and oxygen atoms in total. The number of hydrogen-bond donors (Lipinski definition) is 1. The van der Waals surface area contributed by atoms with Gasteiger partial charge in [-0.25, -0.2) is 0 Å². The maximum absolute atomic E-state index is 12.4. The van der Waals surface area contributed by atoms with Gasteiger partial charge in [0.2, 0.25) is 5.91 Å².